The molecule has 0 bridgehead atoms. The molecule has 2 aromatic rings. The van der Waals surface area contributed by atoms with Gasteiger partial charge < -0.3 is 15.4 Å². The topological polar surface area (TPSA) is 114 Å². The van der Waals surface area contributed by atoms with Gasteiger partial charge in [-0.2, -0.15) is 0 Å². The normalized spacial score (nSPS) is 11.6. The molecule has 10 heteroatoms. The maximum Gasteiger partial charge on any atom is 0.269 e. The average molecular weight is 421 g/mol. The summed E-state index contributed by atoms with van der Waals surface area (Å²) < 4.78 is 5.19. The number of hydrogen-bond donors (Lipinski definition) is 2. The first-order valence-electron chi connectivity index (χ1n) is 8.60. The van der Waals surface area contributed by atoms with Gasteiger partial charge in [-0.15, -0.1) is 0 Å². The van der Waals surface area contributed by atoms with Crippen molar-refractivity contribution in [1.82, 2.24) is 4.90 Å². The number of halogens is 1. The minimum Gasteiger partial charge on any atom is -0.495 e. The van der Waals surface area contributed by atoms with Crippen LogP contribution in [0.2, 0.25) is 5.02 Å². The van der Waals surface area contributed by atoms with E-state index in [1.54, 1.807) is 37.1 Å². The fourth-order valence-corrected chi connectivity index (χ4v) is 2.62. The van der Waals surface area contributed by atoms with Gasteiger partial charge in [0.15, 0.2) is 0 Å². The highest BCUT2D eigenvalue weighted by Gasteiger charge is 2.21. The quantitative estimate of drug-likeness (QED) is 0.501. The van der Waals surface area contributed by atoms with Crippen LogP contribution in [0.25, 0.3) is 0 Å². The summed E-state index contributed by atoms with van der Waals surface area (Å²) in [6, 6.07) is 9.72. The molecular formula is C19H21ClN4O5. The molecule has 0 aliphatic rings. The van der Waals surface area contributed by atoms with Gasteiger partial charge in [0.05, 0.1) is 30.3 Å². The number of hydrogen-bond acceptors (Lipinski definition) is 6. The zero-order valence-electron chi connectivity index (χ0n) is 16.1. The van der Waals surface area contributed by atoms with Gasteiger partial charge in [0.1, 0.15) is 5.75 Å². The number of rotatable bonds is 8. The van der Waals surface area contributed by atoms with E-state index in [-0.39, 0.29) is 24.0 Å². The second-order valence-corrected chi connectivity index (χ2v) is 6.71. The molecular weight excluding hydrogens is 400 g/mol. The van der Waals surface area contributed by atoms with E-state index in [0.717, 1.165) is 0 Å². The Morgan fingerprint density at radius 3 is 2.45 bits per heavy atom. The molecule has 0 aliphatic carbocycles. The van der Waals surface area contributed by atoms with Crippen molar-refractivity contribution in [2.24, 2.45) is 0 Å². The maximum absolute atomic E-state index is 12.4. The minimum absolute atomic E-state index is 0.0511. The highest BCUT2D eigenvalue weighted by molar-refractivity contribution is 6.31. The van der Waals surface area contributed by atoms with Crippen molar-refractivity contribution in [1.29, 1.82) is 0 Å². The van der Waals surface area contributed by atoms with Crippen LogP contribution in [0.5, 0.6) is 5.75 Å². The lowest BCUT2D eigenvalue weighted by Crippen LogP contribution is -2.43. The summed E-state index contributed by atoms with van der Waals surface area (Å²) in [6.07, 6.45) is 0. The molecule has 0 saturated heterocycles. The number of non-ortho nitro benzene ring substituents is 1. The van der Waals surface area contributed by atoms with E-state index >= 15 is 0 Å². The molecule has 0 aromatic heterocycles. The zero-order valence-corrected chi connectivity index (χ0v) is 16.9. The van der Waals surface area contributed by atoms with E-state index in [1.807, 2.05) is 0 Å². The van der Waals surface area contributed by atoms with E-state index in [1.165, 1.54) is 31.4 Å². The van der Waals surface area contributed by atoms with Crippen molar-refractivity contribution >= 4 is 40.5 Å². The molecule has 0 fully saturated rings. The third-order valence-corrected chi connectivity index (χ3v) is 4.45. The van der Waals surface area contributed by atoms with Crippen LogP contribution in [-0.4, -0.2) is 48.4 Å². The minimum atomic E-state index is -0.628. The highest BCUT2D eigenvalue weighted by Crippen LogP contribution is 2.27. The molecule has 0 aliphatic heterocycles. The summed E-state index contributed by atoms with van der Waals surface area (Å²) >= 11 is 5.95. The monoisotopic (exact) mass is 420 g/mol. The molecule has 0 heterocycles. The Bertz CT molecular complexity index is 904. The van der Waals surface area contributed by atoms with Gasteiger partial charge in [-0.25, -0.2) is 0 Å². The molecule has 2 rings (SSSR count). The van der Waals surface area contributed by atoms with Gasteiger partial charge in [0.25, 0.3) is 5.69 Å². The number of nitrogens with one attached hydrogen (secondary N) is 2. The summed E-state index contributed by atoms with van der Waals surface area (Å²) in [4.78, 5) is 36.5. The summed E-state index contributed by atoms with van der Waals surface area (Å²) in [5, 5.41) is 16.5. The van der Waals surface area contributed by atoms with E-state index in [0.29, 0.717) is 22.1 Å². The maximum atomic E-state index is 12.4. The Balaban J connectivity index is 1.94. The molecule has 2 amide bonds. The zero-order chi connectivity index (χ0) is 21.6. The second-order valence-electron chi connectivity index (χ2n) is 6.28. The first-order valence-corrected chi connectivity index (χ1v) is 8.98. The second kappa shape index (κ2) is 9.85. The van der Waals surface area contributed by atoms with Crippen LogP contribution in [0.15, 0.2) is 42.5 Å². The number of nitro groups is 1. The van der Waals surface area contributed by atoms with Crippen molar-refractivity contribution in [3.8, 4) is 5.75 Å². The number of carbonyl (C=O) groups excluding carboxylic acids is 2. The van der Waals surface area contributed by atoms with Crippen LogP contribution < -0.4 is 15.4 Å². The largest absolute Gasteiger partial charge is 0.495 e. The molecule has 0 unspecified atom stereocenters. The molecule has 2 aromatic carbocycles. The number of carbonyl (C=O) groups is 2. The van der Waals surface area contributed by atoms with Crippen LogP contribution >= 0.6 is 11.6 Å². The third kappa shape index (κ3) is 6.16. The Morgan fingerprint density at radius 2 is 1.86 bits per heavy atom. The number of anilines is 2. The van der Waals surface area contributed by atoms with Gasteiger partial charge in [0, 0.05) is 22.8 Å². The Labute approximate surface area is 172 Å². The predicted octanol–water partition coefficient (Wildman–Crippen LogP) is 3.15. The molecule has 1 atom stereocenters. The number of ether oxygens (including phenoxy) is 1. The molecule has 29 heavy (non-hydrogen) atoms. The number of nitro benzene ring substituents is 1. The van der Waals surface area contributed by atoms with Crippen LogP contribution in [-0.2, 0) is 9.59 Å². The van der Waals surface area contributed by atoms with Crippen molar-refractivity contribution < 1.29 is 19.2 Å². The van der Waals surface area contributed by atoms with Gasteiger partial charge in [-0.1, -0.05) is 11.6 Å². The van der Waals surface area contributed by atoms with Crippen molar-refractivity contribution in [3.05, 3.63) is 57.6 Å². The molecule has 2 N–H and O–H groups in total. The lowest BCUT2D eigenvalue weighted by Gasteiger charge is -2.23. The summed E-state index contributed by atoms with van der Waals surface area (Å²) in [6.45, 7) is 1.60. The Kier molecular flexibility index (Phi) is 7.52. The molecule has 154 valence electrons. The first-order chi connectivity index (χ1) is 13.7. The highest BCUT2D eigenvalue weighted by atomic mass is 35.5. The van der Waals surface area contributed by atoms with Gasteiger partial charge >= 0.3 is 0 Å². The molecule has 0 saturated carbocycles. The van der Waals surface area contributed by atoms with Crippen LogP contribution in [0, 0.1) is 10.1 Å². The van der Waals surface area contributed by atoms with Crippen molar-refractivity contribution in [2.75, 3.05) is 31.3 Å². The molecule has 0 radical (unpaired) electrons. The standard InChI is InChI=1S/C19H21ClN4O5/c1-12(19(26)21-14-5-7-15(8-6-14)24(27)28)23(2)11-18(25)22-16-10-13(20)4-9-17(16)29-3/h4-10,12H,11H2,1-3H3,(H,21,26)(H,22,25)/t12-/m1/s1. The summed E-state index contributed by atoms with van der Waals surface area (Å²) in [7, 11) is 3.12. The first kappa shape index (κ1) is 22.1. The fraction of sp³-hybridized carbons (Fsp3) is 0.263. The predicted molar refractivity (Wildman–Crippen MR) is 110 cm³/mol. The molecule has 9 nitrogen and oxygen atoms in total. The van der Waals surface area contributed by atoms with Crippen molar-refractivity contribution in [3.63, 3.8) is 0 Å². The fourth-order valence-electron chi connectivity index (χ4n) is 2.44. The van der Waals surface area contributed by atoms with E-state index in [9.17, 15) is 19.7 Å². The Hall–Kier alpha value is -3.17. The summed E-state index contributed by atoms with van der Waals surface area (Å²) in [5.41, 5.74) is 0.789. The van der Waals surface area contributed by atoms with E-state index in [4.69, 9.17) is 16.3 Å². The summed E-state index contributed by atoms with van der Waals surface area (Å²) in [5.74, 6) is -0.230. The lowest BCUT2D eigenvalue weighted by molar-refractivity contribution is -0.384. The van der Waals surface area contributed by atoms with Gasteiger partial charge in [0.2, 0.25) is 11.8 Å². The van der Waals surface area contributed by atoms with Gasteiger partial charge in [-0.05, 0) is 44.3 Å². The number of likely N-dealkylation sites (N-methyl/N-ethyl adjacent to an activating group) is 1. The van der Waals surface area contributed by atoms with Gasteiger partial charge in [-0.3, -0.25) is 24.6 Å². The molecule has 0 spiro atoms. The Morgan fingerprint density at radius 1 is 1.21 bits per heavy atom. The van der Waals surface area contributed by atoms with Crippen LogP contribution in [0.3, 0.4) is 0 Å². The number of benzene rings is 2. The van der Waals surface area contributed by atoms with E-state index < -0.39 is 11.0 Å². The smallest absolute Gasteiger partial charge is 0.269 e. The van der Waals surface area contributed by atoms with Crippen LogP contribution in [0.4, 0.5) is 17.1 Å². The van der Waals surface area contributed by atoms with Crippen LogP contribution in [0.1, 0.15) is 6.92 Å². The third-order valence-electron chi connectivity index (χ3n) is 4.21. The average Bonchev–Trinajstić information content (AvgIpc) is 2.67. The van der Waals surface area contributed by atoms with E-state index in [2.05, 4.69) is 10.6 Å². The van der Waals surface area contributed by atoms with Crippen molar-refractivity contribution in [2.45, 2.75) is 13.0 Å². The number of methoxy groups -OCH3 is 1. The number of nitrogens with zero attached hydrogens (tertiary/aromatic N) is 2. The number of amides is 2. The lowest BCUT2D eigenvalue weighted by atomic mass is 10.2. The SMILES string of the molecule is COc1ccc(Cl)cc1NC(=O)CN(C)[C@H](C)C(=O)Nc1ccc([N+](=O)[O-])cc1.